The summed E-state index contributed by atoms with van der Waals surface area (Å²) in [6, 6.07) is 14.1. The monoisotopic (exact) mass is 428 g/mol. The number of rotatable bonds is 5. The molecule has 6 heteroatoms. The molecule has 1 aromatic carbocycles. The molecule has 2 aliphatic rings. The molecule has 1 saturated heterocycles. The standard InChI is InChI=1S/C26H28N4O2/c31-25-22(17-18-7-2-1-3-8-18)23(28-26(32)29-25)20-12-10-19(11-13-20)21-9-6-14-27-24(21)30-15-4-5-16-30/h1-3,6-10,14,20H,4-5,11-13,15-17H2,(H2,28,29,31,32). The predicted octanol–water partition coefficient (Wildman–Crippen LogP) is 4.00. The van der Waals surface area contributed by atoms with Crippen LogP contribution in [0.3, 0.4) is 0 Å². The normalized spacial score (nSPS) is 18.6. The van der Waals surface area contributed by atoms with Crippen LogP contribution in [-0.2, 0) is 6.42 Å². The number of nitrogens with one attached hydrogen (secondary N) is 2. The van der Waals surface area contributed by atoms with E-state index in [0.29, 0.717) is 12.0 Å². The zero-order valence-electron chi connectivity index (χ0n) is 18.1. The number of aromatic nitrogens is 3. The molecule has 1 atom stereocenters. The summed E-state index contributed by atoms with van der Waals surface area (Å²) in [5.74, 6) is 1.21. The molecule has 1 fully saturated rings. The third-order valence-corrected chi connectivity index (χ3v) is 6.66. The van der Waals surface area contributed by atoms with E-state index in [4.69, 9.17) is 0 Å². The van der Waals surface area contributed by atoms with Gasteiger partial charge in [0.2, 0.25) is 0 Å². The van der Waals surface area contributed by atoms with Crippen molar-refractivity contribution in [3.05, 3.63) is 98.0 Å². The highest BCUT2D eigenvalue weighted by Gasteiger charge is 2.25. The highest BCUT2D eigenvalue weighted by Crippen LogP contribution is 2.38. The average molecular weight is 429 g/mol. The minimum Gasteiger partial charge on any atom is -0.356 e. The van der Waals surface area contributed by atoms with Crippen molar-refractivity contribution < 1.29 is 0 Å². The van der Waals surface area contributed by atoms with Crippen LogP contribution in [0, 0.1) is 0 Å². The molecule has 0 bridgehead atoms. The highest BCUT2D eigenvalue weighted by molar-refractivity contribution is 5.75. The van der Waals surface area contributed by atoms with Crippen molar-refractivity contribution in [1.82, 2.24) is 15.0 Å². The fourth-order valence-electron chi connectivity index (χ4n) is 5.02. The summed E-state index contributed by atoms with van der Waals surface area (Å²) in [7, 11) is 0. The third-order valence-electron chi connectivity index (χ3n) is 6.66. The lowest BCUT2D eigenvalue weighted by Gasteiger charge is -2.26. The lowest BCUT2D eigenvalue weighted by atomic mass is 9.83. The number of anilines is 1. The van der Waals surface area contributed by atoms with Gasteiger partial charge in [0.15, 0.2) is 0 Å². The number of allylic oxidation sites excluding steroid dienone is 2. The first-order valence-corrected chi connectivity index (χ1v) is 11.5. The van der Waals surface area contributed by atoms with E-state index in [1.807, 2.05) is 42.6 Å². The largest absolute Gasteiger partial charge is 0.356 e. The Morgan fingerprint density at radius 1 is 1.00 bits per heavy atom. The molecule has 3 aromatic rings. The minimum absolute atomic E-state index is 0.124. The Morgan fingerprint density at radius 2 is 1.81 bits per heavy atom. The van der Waals surface area contributed by atoms with E-state index < -0.39 is 5.69 Å². The second kappa shape index (κ2) is 8.99. The Kier molecular flexibility index (Phi) is 5.75. The molecule has 0 amide bonds. The Labute approximate surface area is 187 Å². The van der Waals surface area contributed by atoms with E-state index in [9.17, 15) is 9.59 Å². The lowest BCUT2D eigenvalue weighted by molar-refractivity contribution is 0.595. The van der Waals surface area contributed by atoms with Gasteiger partial charge in [-0.3, -0.25) is 9.78 Å². The van der Waals surface area contributed by atoms with Crippen molar-refractivity contribution >= 4 is 11.4 Å². The van der Waals surface area contributed by atoms with Crippen molar-refractivity contribution in [1.29, 1.82) is 0 Å². The van der Waals surface area contributed by atoms with Gasteiger partial charge in [0.05, 0.1) is 0 Å². The maximum Gasteiger partial charge on any atom is 0.325 e. The van der Waals surface area contributed by atoms with Crippen molar-refractivity contribution in [3.8, 4) is 0 Å². The Hall–Kier alpha value is -3.41. The summed E-state index contributed by atoms with van der Waals surface area (Å²) >= 11 is 0. The molecule has 164 valence electrons. The summed E-state index contributed by atoms with van der Waals surface area (Å²) in [5.41, 5.74) is 4.32. The van der Waals surface area contributed by atoms with Crippen LogP contribution >= 0.6 is 0 Å². The Balaban J connectivity index is 1.43. The van der Waals surface area contributed by atoms with Gasteiger partial charge in [-0.2, -0.15) is 0 Å². The number of H-pyrrole nitrogens is 2. The van der Waals surface area contributed by atoms with Crippen LogP contribution < -0.4 is 16.1 Å². The van der Waals surface area contributed by atoms with Gasteiger partial charge in [-0.15, -0.1) is 0 Å². The number of hydrogen-bond acceptors (Lipinski definition) is 4. The van der Waals surface area contributed by atoms with Gasteiger partial charge in [0.1, 0.15) is 5.82 Å². The first-order chi connectivity index (χ1) is 15.7. The maximum atomic E-state index is 12.7. The van der Waals surface area contributed by atoms with Crippen LogP contribution in [0.1, 0.15) is 60.4 Å². The van der Waals surface area contributed by atoms with Crippen LogP contribution in [0.25, 0.3) is 5.57 Å². The topological polar surface area (TPSA) is 81.8 Å². The van der Waals surface area contributed by atoms with Gasteiger partial charge < -0.3 is 9.88 Å². The van der Waals surface area contributed by atoms with Crippen LogP contribution in [0.2, 0.25) is 0 Å². The molecular formula is C26H28N4O2. The van der Waals surface area contributed by atoms with Gasteiger partial charge in [0.25, 0.3) is 5.56 Å². The molecule has 6 nitrogen and oxygen atoms in total. The van der Waals surface area contributed by atoms with Crippen molar-refractivity contribution in [2.75, 3.05) is 18.0 Å². The van der Waals surface area contributed by atoms with Gasteiger partial charge in [-0.1, -0.05) is 36.4 Å². The molecular weight excluding hydrogens is 400 g/mol. The molecule has 0 radical (unpaired) electrons. The fourth-order valence-corrected chi connectivity index (χ4v) is 5.02. The van der Waals surface area contributed by atoms with E-state index in [0.717, 1.165) is 49.4 Å². The van der Waals surface area contributed by atoms with Crippen molar-refractivity contribution in [2.45, 2.75) is 44.4 Å². The highest BCUT2D eigenvalue weighted by atomic mass is 16.2. The van der Waals surface area contributed by atoms with E-state index in [-0.39, 0.29) is 11.5 Å². The zero-order chi connectivity index (χ0) is 21.9. The number of aromatic amines is 2. The van der Waals surface area contributed by atoms with Gasteiger partial charge >= 0.3 is 5.69 Å². The smallest absolute Gasteiger partial charge is 0.325 e. The van der Waals surface area contributed by atoms with E-state index in [2.05, 4.69) is 32.0 Å². The second-order valence-corrected chi connectivity index (χ2v) is 8.73. The molecule has 2 aromatic heterocycles. The van der Waals surface area contributed by atoms with Gasteiger partial charge in [-0.05, 0) is 55.4 Å². The molecule has 1 aliphatic carbocycles. The summed E-state index contributed by atoms with van der Waals surface area (Å²) in [5, 5.41) is 0. The second-order valence-electron chi connectivity index (χ2n) is 8.73. The first kappa shape index (κ1) is 20.5. The van der Waals surface area contributed by atoms with Gasteiger partial charge in [0, 0.05) is 48.4 Å². The fraction of sp³-hybridized carbons (Fsp3) is 0.346. The molecule has 32 heavy (non-hydrogen) atoms. The number of benzene rings is 1. The quantitative estimate of drug-likeness (QED) is 0.644. The Bertz CT molecular complexity index is 1240. The minimum atomic E-state index is -0.430. The molecule has 2 N–H and O–H groups in total. The average Bonchev–Trinajstić information content (AvgIpc) is 3.36. The van der Waals surface area contributed by atoms with Crippen LogP contribution in [0.15, 0.2) is 64.3 Å². The summed E-state index contributed by atoms with van der Waals surface area (Å²) in [4.78, 5) is 37.2. The van der Waals surface area contributed by atoms with Crippen LogP contribution in [0.4, 0.5) is 5.82 Å². The number of nitrogens with zero attached hydrogens (tertiary/aromatic N) is 2. The molecule has 5 rings (SSSR count). The summed E-state index contributed by atoms with van der Waals surface area (Å²) < 4.78 is 0. The summed E-state index contributed by atoms with van der Waals surface area (Å²) in [6.45, 7) is 2.13. The van der Waals surface area contributed by atoms with E-state index >= 15 is 0 Å². The molecule has 0 spiro atoms. The zero-order valence-corrected chi connectivity index (χ0v) is 18.1. The van der Waals surface area contributed by atoms with E-state index in [1.54, 1.807) is 0 Å². The lowest BCUT2D eigenvalue weighted by Crippen LogP contribution is -2.30. The Morgan fingerprint density at radius 3 is 2.56 bits per heavy atom. The predicted molar refractivity (Wildman–Crippen MR) is 127 cm³/mol. The number of pyridine rings is 1. The van der Waals surface area contributed by atoms with Crippen LogP contribution in [-0.4, -0.2) is 28.0 Å². The SMILES string of the molecule is O=c1[nH]c(C2CC=C(c3cccnc3N3CCCC3)CC2)c(Cc2ccccc2)c(=O)[nH]1. The summed E-state index contributed by atoms with van der Waals surface area (Å²) in [6.07, 6.45) is 9.69. The van der Waals surface area contributed by atoms with Crippen molar-refractivity contribution in [2.24, 2.45) is 0 Å². The maximum absolute atomic E-state index is 12.7. The molecule has 0 saturated carbocycles. The molecule has 1 aliphatic heterocycles. The molecule has 3 heterocycles. The first-order valence-electron chi connectivity index (χ1n) is 11.5. The number of hydrogen-bond donors (Lipinski definition) is 2. The third kappa shape index (κ3) is 4.17. The molecule has 1 unspecified atom stereocenters. The van der Waals surface area contributed by atoms with E-state index in [1.165, 1.54) is 24.0 Å². The van der Waals surface area contributed by atoms with Crippen LogP contribution in [0.5, 0.6) is 0 Å². The van der Waals surface area contributed by atoms with Gasteiger partial charge in [-0.25, -0.2) is 9.78 Å². The van der Waals surface area contributed by atoms with Crippen molar-refractivity contribution in [3.63, 3.8) is 0 Å².